The summed E-state index contributed by atoms with van der Waals surface area (Å²) in [6, 6.07) is 42.6. The number of piperazine rings is 1. The van der Waals surface area contributed by atoms with Crippen LogP contribution >= 0.6 is 0 Å². The van der Waals surface area contributed by atoms with E-state index in [1.54, 1.807) is 13.2 Å². The van der Waals surface area contributed by atoms with E-state index in [0.717, 1.165) is 75.4 Å². The molecule has 0 spiro atoms. The fourth-order valence-electron chi connectivity index (χ4n) is 11.1. The van der Waals surface area contributed by atoms with Crippen molar-refractivity contribution in [3.8, 4) is 35.2 Å². The van der Waals surface area contributed by atoms with Gasteiger partial charge in [0.1, 0.15) is 41.5 Å². The highest BCUT2D eigenvalue weighted by Gasteiger charge is 2.46. The average Bonchev–Trinajstić information content (AvgIpc) is 4.13. The molecule has 2 bridgehead atoms. The van der Waals surface area contributed by atoms with Crippen molar-refractivity contribution >= 4 is 33.7 Å². The number of hydrogen-bond donors (Lipinski definition) is 0. The molecule has 2 aliphatic heterocycles. The maximum Gasteiger partial charge on any atom is 0.410 e. The molecule has 4 heterocycles. The monoisotopic (exact) mass is 988 g/mol. The van der Waals surface area contributed by atoms with E-state index < -0.39 is 11.1 Å². The fourth-order valence-corrected chi connectivity index (χ4v) is 11.1. The predicted octanol–water partition coefficient (Wildman–Crippen LogP) is 12.4. The largest absolute Gasteiger partial charge is 0.486 e. The van der Waals surface area contributed by atoms with E-state index in [1.165, 1.54) is 0 Å². The Morgan fingerprint density at radius 1 is 0.797 bits per heavy atom. The number of hydrogen-bond acceptors (Lipinski definition) is 9. The molecule has 8 aromatic rings. The third-order valence-electron chi connectivity index (χ3n) is 14.9. The molecule has 376 valence electrons. The van der Waals surface area contributed by atoms with Crippen LogP contribution in [0.25, 0.3) is 32.9 Å². The summed E-state index contributed by atoms with van der Waals surface area (Å²) in [6.07, 6.45) is 10.9. The van der Waals surface area contributed by atoms with Crippen LogP contribution in [0.4, 0.5) is 15.0 Å². The Morgan fingerprint density at radius 2 is 1.41 bits per heavy atom. The Balaban J connectivity index is 1.17. The van der Waals surface area contributed by atoms with Gasteiger partial charge >= 0.3 is 12.1 Å². The van der Waals surface area contributed by atoms with Crippen molar-refractivity contribution in [3.63, 3.8) is 0 Å². The number of anilines is 1. The molecule has 0 radical (unpaired) electrons. The van der Waals surface area contributed by atoms with Gasteiger partial charge in [0.15, 0.2) is 5.75 Å². The molecule has 74 heavy (non-hydrogen) atoms. The van der Waals surface area contributed by atoms with Crippen LogP contribution in [-0.4, -0.2) is 81.3 Å². The van der Waals surface area contributed by atoms with E-state index in [4.69, 9.17) is 40.4 Å². The number of nitrogens with zero attached hydrogens (tertiary/aromatic N) is 6. The van der Waals surface area contributed by atoms with Crippen molar-refractivity contribution < 1.29 is 28.1 Å². The van der Waals surface area contributed by atoms with Crippen LogP contribution in [0, 0.1) is 25.1 Å². The first-order valence-corrected chi connectivity index (χ1v) is 25.7. The standard InChI is InChI=1S/C62H61FN6O5/c1-8-41-24-26-42(27-25-41)38-72-57-55(54-40(3)52(63)33-53-51(54)36-68(66-53)62(44-18-12-9-13-19-44,45-20-14-10-15-21-45)46-22-16-11-17-23-46)49(43-28-29-43)32-50-56(57)64-59(73-37-39(2)71-7)65-58(50)67-34-47-30-31-48(35-67)69(47)60(70)74-61(4,5)6/h1,9-27,32-33,36,39,43,47-48H,28-31,34-35,37-38H2,2-7H3/t39-,47?,48?/m0/s1. The van der Waals surface area contributed by atoms with Crippen molar-refractivity contribution in [1.82, 2.24) is 24.6 Å². The Hall–Kier alpha value is -7.75. The van der Waals surface area contributed by atoms with E-state index in [-0.39, 0.29) is 55.2 Å². The van der Waals surface area contributed by atoms with Crippen molar-refractivity contribution in [3.05, 3.63) is 178 Å². The summed E-state index contributed by atoms with van der Waals surface area (Å²) in [7, 11) is 1.64. The van der Waals surface area contributed by atoms with Gasteiger partial charge in [0.25, 0.3) is 0 Å². The van der Waals surface area contributed by atoms with Crippen LogP contribution in [0.3, 0.4) is 0 Å². The average molecular weight is 989 g/mol. The minimum atomic E-state index is -0.961. The molecular weight excluding hydrogens is 928 g/mol. The van der Waals surface area contributed by atoms with Crippen molar-refractivity contribution in [2.24, 2.45) is 0 Å². The summed E-state index contributed by atoms with van der Waals surface area (Å²) >= 11 is 0. The highest BCUT2D eigenvalue weighted by atomic mass is 19.1. The van der Waals surface area contributed by atoms with Crippen LogP contribution in [0.5, 0.6) is 11.8 Å². The Kier molecular flexibility index (Phi) is 12.8. The molecular formula is C62H61FN6O5. The molecule has 2 aromatic heterocycles. The van der Waals surface area contributed by atoms with E-state index in [0.29, 0.717) is 46.8 Å². The summed E-state index contributed by atoms with van der Waals surface area (Å²) in [5.41, 5.74) is 6.96. The maximum atomic E-state index is 17.2. The van der Waals surface area contributed by atoms with Gasteiger partial charge in [-0.2, -0.15) is 15.1 Å². The maximum absolute atomic E-state index is 17.2. The summed E-state index contributed by atoms with van der Waals surface area (Å²) < 4.78 is 44.5. The summed E-state index contributed by atoms with van der Waals surface area (Å²) in [5, 5.41) is 6.95. The van der Waals surface area contributed by atoms with Gasteiger partial charge < -0.3 is 23.8 Å². The fraction of sp³-hybridized carbons (Fsp3) is 0.323. The number of benzene rings is 6. The summed E-state index contributed by atoms with van der Waals surface area (Å²) in [4.78, 5) is 28.4. The lowest BCUT2D eigenvalue weighted by Gasteiger charge is -2.42. The number of carbonyl (C=O) groups excluding carboxylic acids is 1. The molecule has 3 aliphatic rings. The normalized spacial score (nSPS) is 17.1. The topological polar surface area (TPSA) is 104 Å². The number of amides is 1. The lowest BCUT2D eigenvalue weighted by Crippen LogP contribution is -2.57. The highest BCUT2D eigenvalue weighted by molar-refractivity contribution is 6.06. The van der Waals surface area contributed by atoms with Gasteiger partial charge in [-0.25, -0.2) is 9.18 Å². The Bertz CT molecular complexity index is 3290. The molecule has 6 aromatic carbocycles. The van der Waals surface area contributed by atoms with Gasteiger partial charge in [-0.05, 0) is 118 Å². The lowest BCUT2D eigenvalue weighted by atomic mass is 9.77. The molecule has 11 rings (SSSR count). The first-order chi connectivity index (χ1) is 35.8. The number of terminal acetylenes is 1. The minimum Gasteiger partial charge on any atom is -0.486 e. The van der Waals surface area contributed by atoms with Gasteiger partial charge in [-0.1, -0.05) is 109 Å². The molecule has 3 fully saturated rings. The SMILES string of the molecule is C#Cc1ccc(COc2c(-c3c(C)c(F)cc4nn(C(c5ccccc5)(c5ccccc5)c5ccccc5)cc34)c(C3CC3)cc3c(N4CC5CCC(C4)N5C(=O)OC(C)(C)C)nc(OC[C@H](C)OC)nc23)cc1. The van der Waals surface area contributed by atoms with Crippen LogP contribution in [0.15, 0.2) is 134 Å². The summed E-state index contributed by atoms with van der Waals surface area (Å²) in [5.74, 6) is 3.64. The molecule has 2 unspecified atom stereocenters. The van der Waals surface area contributed by atoms with E-state index in [2.05, 4.69) is 59.5 Å². The highest BCUT2D eigenvalue weighted by Crippen LogP contribution is 2.54. The molecule has 12 heteroatoms. The number of carbonyl (C=O) groups is 1. The zero-order chi connectivity index (χ0) is 51.3. The zero-order valence-electron chi connectivity index (χ0n) is 42.8. The first-order valence-electron chi connectivity index (χ1n) is 25.7. The second-order valence-electron chi connectivity index (χ2n) is 21.0. The summed E-state index contributed by atoms with van der Waals surface area (Å²) in [6.45, 7) is 10.9. The smallest absolute Gasteiger partial charge is 0.410 e. The van der Waals surface area contributed by atoms with Crippen LogP contribution < -0.4 is 14.4 Å². The second-order valence-corrected chi connectivity index (χ2v) is 21.0. The van der Waals surface area contributed by atoms with E-state index in [1.807, 2.05) is 123 Å². The molecule has 1 saturated carbocycles. The first kappa shape index (κ1) is 48.5. The molecule has 0 N–H and O–H groups in total. The second kappa shape index (κ2) is 19.6. The Morgan fingerprint density at radius 3 is 1.96 bits per heavy atom. The number of ether oxygens (including phenoxy) is 4. The van der Waals surface area contributed by atoms with E-state index in [9.17, 15) is 4.79 Å². The van der Waals surface area contributed by atoms with Crippen molar-refractivity contribution in [2.75, 3.05) is 31.7 Å². The third-order valence-corrected chi connectivity index (χ3v) is 14.9. The van der Waals surface area contributed by atoms with Crippen molar-refractivity contribution in [1.29, 1.82) is 0 Å². The number of fused-ring (bicyclic) bond motifs is 4. The van der Waals surface area contributed by atoms with Gasteiger partial charge in [-0.3, -0.25) is 9.58 Å². The van der Waals surface area contributed by atoms with Gasteiger partial charge in [0, 0.05) is 59.9 Å². The van der Waals surface area contributed by atoms with E-state index >= 15 is 4.39 Å². The molecule has 1 amide bonds. The number of rotatable bonds is 14. The molecule has 2 saturated heterocycles. The number of halogens is 1. The Labute approximate surface area is 432 Å². The van der Waals surface area contributed by atoms with Crippen LogP contribution in [-0.2, 0) is 21.6 Å². The van der Waals surface area contributed by atoms with Gasteiger partial charge in [0.05, 0.1) is 23.7 Å². The quantitative estimate of drug-likeness (QED) is 0.0778. The van der Waals surface area contributed by atoms with Crippen molar-refractivity contribution in [2.45, 2.75) is 102 Å². The molecule has 1 aliphatic carbocycles. The van der Waals surface area contributed by atoms with Crippen LogP contribution in [0.1, 0.15) is 98.2 Å². The van der Waals surface area contributed by atoms with Gasteiger partial charge in [0.2, 0.25) is 0 Å². The number of aromatic nitrogens is 4. The lowest BCUT2D eigenvalue weighted by molar-refractivity contribution is 0.0122. The van der Waals surface area contributed by atoms with Crippen LogP contribution in [0.2, 0.25) is 0 Å². The zero-order valence-corrected chi connectivity index (χ0v) is 42.8. The number of methoxy groups -OCH3 is 1. The van der Waals surface area contributed by atoms with Gasteiger partial charge in [-0.15, -0.1) is 6.42 Å². The third kappa shape index (κ3) is 8.97. The predicted molar refractivity (Wildman–Crippen MR) is 287 cm³/mol. The minimum absolute atomic E-state index is 0.0927. The molecule has 11 nitrogen and oxygen atoms in total. The molecule has 3 atom stereocenters.